The molecule has 12 heteroatoms. The zero-order valence-electron chi connectivity index (χ0n) is 19.7. The predicted molar refractivity (Wildman–Crippen MR) is 126 cm³/mol. The highest BCUT2D eigenvalue weighted by Crippen LogP contribution is 2.29. The molecule has 2 N–H and O–H groups in total. The lowest BCUT2D eigenvalue weighted by Crippen LogP contribution is -2.50. The van der Waals surface area contributed by atoms with Crippen LogP contribution in [0, 0.1) is 5.82 Å². The number of rotatable bonds is 8. The third-order valence-corrected chi connectivity index (χ3v) is 6.11. The minimum absolute atomic E-state index is 0.197. The fraction of sp³-hybridized carbons (Fsp3) is 0.375. The molecule has 2 amide bonds. The molecule has 2 aromatic carbocycles. The molecule has 0 saturated carbocycles. The largest absolute Gasteiger partial charge is 0.452 e. The van der Waals surface area contributed by atoms with E-state index in [1.807, 2.05) is 11.8 Å². The quantitative estimate of drug-likeness (QED) is 0.329. The van der Waals surface area contributed by atoms with Gasteiger partial charge in [-0.25, -0.2) is 14.0 Å². The van der Waals surface area contributed by atoms with E-state index in [0.717, 1.165) is 0 Å². The van der Waals surface area contributed by atoms with Gasteiger partial charge in [-0.15, -0.1) is 0 Å². The number of hydrogen-bond donors (Lipinski definition) is 1. The highest BCUT2D eigenvalue weighted by molar-refractivity contribution is 5.91. The first-order valence-electron chi connectivity index (χ1n) is 11.5. The molecular weight excluding hydrogens is 475 g/mol. The monoisotopic (exact) mass is 502 g/mol. The van der Waals surface area contributed by atoms with Crippen LogP contribution >= 0.6 is 0 Å². The van der Waals surface area contributed by atoms with Gasteiger partial charge in [-0.05, 0) is 48.9 Å². The molecule has 1 atom stereocenters. The van der Waals surface area contributed by atoms with E-state index in [9.17, 15) is 18.8 Å². The van der Waals surface area contributed by atoms with Crippen LogP contribution < -0.4 is 20.6 Å². The Morgan fingerprint density at radius 3 is 2.44 bits per heavy atom. The number of piperazine rings is 1. The molecule has 0 unspecified atom stereocenters. The van der Waals surface area contributed by atoms with Gasteiger partial charge in [0.15, 0.2) is 12.4 Å². The lowest BCUT2D eigenvalue weighted by Gasteiger charge is -2.36. The van der Waals surface area contributed by atoms with Crippen molar-refractivity contribution in [1.82, 2.24) is 4.90 Å². The summed E-state index contributed by atoms with van der Waals surface area (Å²) in [6, 6.07) is 10.5. The number of carbonyl (C=O) groups is 3. The van der Waals surface area contributed by atoms with Crippen LogP contribution in [0.1, 0.15) is 23.7 Å². The number of benzene rings is 2. The van der Waals surface area contributed by atoms with Crippen LogP contribution in [0.5, 0.6) is 5.75 Å². The average Bonchev–Trinajstić information content (AvgIpc) is 3.28. The number of amides is 2. The molecule has 2 heterocycles. The Hall–Kier alpha value is -3.90. The van der Waals surface area contributed by atoms with Gasteiger partial charge in [-0.3, -0.25) is 9.69 Å². The fourth-order valence-corrected chi connectivity index (χ4v) is 4.07. The number of hydrogen-bond acceptors (Lipinski definition) is 9. The topological polar surface area (TPSA) is 124 Å². The second-order valence-corrected chi connectivity index (χ2v) is 8.31. The molecule has 2 aromatic rings. The Balaban J connectivity index is 1.27. The van der Waals surface area contributed by atoms with Crippen LogP contribution in [0.15, 0.2) is 42.5 Å². The number of carbonyl (C=O) groups excluding carboxylic acids is 3. The van der Waals surface area contributed by atoms with Gasteiger partial charge in [0.25, 0.3) is 5.91 Å². The highest BCUT2D eigenvalue weighted by Gasteiger charge is 2.32. The fourth-order valence-electron chi connectivity index (χ4n) is 4.07. The molecule has 0 spiro atoms. The lowest BCUT2D eigenvalue weighted by atomic mass is 10.2. The molecular formula is C24H27FN4O7. The summed E-state index contributed by atoms with van der Waals surface area (Å²) >= 11 is 0. The first kappa shape index (κ1) is 25.2. The normalized spacial score (nSPS) is 17.7. The minimum atomic E-state index is -0.656. The van der Waals surface area contributed by atoms with Gasteiger partial charge < -0.3 is 24.2 Å². The van der Waals surface area contributed by atoms with E-state index < -0.39 is 24.5 Å². The molecule has 2 aliphatic heterocycles. The van der Waals surface area contributed by atoms with Crippen LogP contribution in [0.4, 0.5) is 20.6 Å². The predicted octanol–water partition coefficient (Wildman–Crippen LogP) is 2.25. The van der Waals surface area contributed by atoms with Crippen molar-refractivity contribution < 1.29 is 38.1 Å². The van der Waals surface area contributed by atoms with Crippen LogP contribution in [0.3, 0.4) is 0 Å². The summed E-state index contributed by atoms with van der Waals surface area (Å²) in [6.07, 6.45) is 0.0178. The van der Waals surface area contributed by atoms with Crippen molar-refractivity contribution in [2.24, 2.45) is 5.90 Å². The summed E-state index contributed by atoms with van der Waals surface area (Å²) in [6.45, 7) is 3.42. The van der Waals surface area contributed by atoms with Gasteiger partial charge in [0.05, 0.1) is 23.5 Å². The molecule has 2 fully saturated rings. The standard InChI is InChI=1S/C24H27FN4O7/c1-2-18-14-29(24(32)34-18)17-5-8-21(20(25)13-17)27-9-11-28(12-10-27)22(30)15-33-23(31)16-3-6-19(7-4-16)35-36-26/h3-8,13,18H,2,9-12,14-15,26H2,1H3/t18-/m0/s1. The number of anilines is 2. The van der Waals surface area contributed by atoms with Crippen molar-refractivity contribution >= 4 is 29.3 Å². The van der Waals surface area contributed by atoms with Crippen molar-refractivity contribution in [2.75, 3.05) is 49.1 Å². The molecule has 0 aromatic heterocycles. The molecule has 192 valence electrons. The van der Waals surface area contributed by atoms with Crippen molar-refractivity contribution in [3.8, 4) is 5.75 Å². The van der Waals surface area contributed by atoms with E-state index in [1.165, 1.54) is 35.2 Å². The Morgan fingerprint density at radius 2 is 1.83 bits per heavy atom. The SMILES string of the molecule is CC[C@H]1CN(c2ccc(N3CCN(C(=O)COC(=O)c4ccc(OON)cc4)CC3)c(F)c2)C(=O)O1. The van der Waals surface area contributed by atoms with Gasteiger partial charge in [0.2, 0.25) is 0 Å². The van der Waals surface area contributed by atoms with Crippen LogP contribution in [0.2, 0.25) is 0 Å². The van der Waals surface area contributed by atoms with Gasteiger partial charge in [-0.1, -0.05) is 11.9 Å². The second kappa shape index (κ2) is 11.2. The van der Waals surface area contributed by atoms with Gasteiger partial charge in [0.1, 0.15) is 11.9 Å². The summed E-state index contributed by atoms with van der Waals surface area (Å²) in [4.78, 5) is 50.2. The van der Waals surface area contributed by atoms with E-state index in [4.69, 9.17) is 15.4 Å². The minimum Gasteiger partial charge on any atom is -0.452 e. The van der Waals surface area contributed by atoms with E-state index in [-0.39, 0.29) is 17.6 Å². The Kier molecular flexibility index (Phi) is 7.86. The summed E-state index contributed by atoms with van der Waals surface area (Å²) < 4.78 is 25.3. The third kappa shape index (κ3) is 5.66. The number of cyclic esters (lactones) is 1. The van der Waals surface area contributed by atoms with E-state index in [1.54, 1.807) is 17.0 Å². The van der Waals surface area contributed by atoms with E-state index in [2.05, 4.69) is 9.88 Å². The first-order valence-corrected chi connectivity index (χ1v) is 11.5. The van der Waals surface area contributed by atoms with E-state index in [0.29, 0.717) is 56.3 Å². The smallest absolute Gasteiger partial charge is 0.414 e. The lowest BCUT2D eigenvalue weighted by molar-refractivity contribution is -0.211. The summed E-state index contributed by atoms with van der Waals surface area (Å²) in [5.41, 5.74) is 1.08. The summed E-state index contributed by atoms with van der Waals surface area (Å²) in [7, 11) is 0. The maximum atomic E-state index is 14.9. The number of nitrogens with two attached hydrogens (primary N) is 1. The number of nitrogens with zero attached hydrogens (tertiary/aromatic N) is 3. The first-order chi connectivity index (χ1) is 17.4. The second-order valence-electron chi connectivity index (χ2n) is 8.31. The maximum Gasteiger partial charge on any atom is 0.414 e. The molecule has 0 bridgehead atoms. The Morgan fingerprint density at radius 1 is 1.11 bits per heavy atom. The zero-order chi connectivity index (χ0) is 25.7. The van der Waals surface area contributed by atoms with Gasteiger partial charge >= 0.3 is 12.1 Å². The van der Waals surface area contributed by atoms with Gasteiger partial charge in [-0.2, -0.15) is 5.90 Å². The van der Waals surface area contributed by atoms with Crippen molar-refractivity contribution in [2.45, 2.75) is 19.4 Å². The summed E-state index contributed by atoms with van der Waals surface area (Å²) in [5.74, 6) is 3.66. The van der Waals surface area contributed by atoms with Crippen molar-refractivity contribution in [1.29, 1.82) is 0 Å². The highest BCUT2D eigenvalue weighted by atomic mass is 19.1. The zero-order valence-corrected chi connectivity index (χ0v) is 19.7. The Labute approximate surface area is 206 Å². The molecule has 11 nitrogen and oxygen atoms in total. The maximum absolute atomic E-state index is 14.9. The molecule has 0 radical (unpaired) electrons. The average molecular weight is 502 g/mol. The van der Waals surface area contributed by atoms with Crippen LogP contribution in [-0.2, 0) is 19.3 Å². The van der Waals surface area contributed by atoms with Crippen molar-refractivity contribution in [3.05, 3.63) is 53.8 Å². The van der Waals surface area contributed by atoms with Gasteiger partial charge in [0, 0.05) is 26.2 Å². The van der Waals surface area contributed by atoms with Crippen molar-refractivity contribution in [3.63, 3.8) is 0 Å². The molecule has 2 aliphatic rings. The molecule has 2 saturated heterocycles. The number of halogens is 1. The number of ether oxygens (including phenoxy) is 2. The number of esters is 1. The van der Waals surface area contributed by atoms with Crippen LogP contribution in [0.25, 0.3) is 0 Å². The molecule has 4 rings (SSSR count). The van der Waals surface area contributed by atoms with Crippen LogP contribution in [-0.4, -0.2) is 68.3 Å². The molecule has 0 aliphatic carbocycles. The summed E-state index contributed by atoms with van der Waals surface area (Å²) in [5, 5.41) is 0. The molecule has 36 heavy (non-hydrogen) atoms. The third-order valence-electron chi connectivity index (χ3n) is 6.11. The Bertz CT molecular complexity index is 1110. The van der Waals surface area contributed by atoms with E-state index >= 15 is 0 Å².